The summed E-state index contributed by atoms with van der Waals surface area (Å²) in [7, 11) is 0. The molecule has 2 atom stereocenters. The van der Waals surface area contributed by atoms with Gasteiger partial charge in [0.15, 0.2) is 0 Å². The predicted molar refractivity (Wildman–Crippen MR) is 74.2 cm³/mol. The monoisotopic (exact) mass is 338 g/mol. The molecule has 2 nitrogen and oxygen atoms in total. The Morgan fingerprint density at radius 2 is 2.06 bits per heavy atom. The highest BCUT2D eigenvalue weighted by Crippen LogP contribution is 2.38. The summed E-state index contributed by atoms with van der Waals surface area (Å²) in [6.07, 6.45) is 7.88. The fraction of sp³-hybridized carbons (Fsp3) is 1.00. The van der Waals surface area contributed by atoms with Crippen molar-refractivity contribution >= 4 is 22.6 Å². The van der Waals surface area contributed by atoms with Crippen LogP contribution in [0, 0.1) is 5.92 Å². The van der Waals surface area contributed by atoms with E-state index >= 15 is 0 Å². The molecule has 0 spiro atoms. The van der Waals surface area contributed by atoms with Crippen LogP contribution in [0.15, 0.2) is 0 Å². The van der Waals surface area contributed by atoms with E-state index in [0.717, 1.165) is 36.4 Å². The highest BCUT2D eigenvalue weighted by atomic mass is 127. The maximum atomic E-state index is 6.45. The Morgan fingerprint density at radius 1 is 1.31 bits per heavy atom. The first-order valence-electron chi connectivity index (χ1n) is 6.56. The van der Waals surface area contributed by atoms with Gasteiger partial charge in [-0.3, -0.25) is 0 Å². The number of halogens is 1. The lowest BCUT2D eigenvalue weighted by Gasteiger charge is -2.42. The van der Waals surface area contributed by atoms with Crippen LogP contribution in [-0.2, 0) is 9.47 Å². The minimum Gasteiger partial charge on any atom is -0.381 e. The molecule has 1 saturated heterocycles. The zero-order chi connectivity index (χ0) is 11.4. The largest absolute Gasteiger partial charge is 0.381 e. The number of hydrogen-bond acceptors (Lipinski definition) is 2. The third-order valence-electron chi connectivity index (χ3n) is 3.88. The SMILES string of the molecule is CC1CCCC(CI)(OC2CCOCC2)C1. The van der Waals surface area contributed by atoms with Gasteiger partial charge in [-0.05, 0) is 31.6 Å². The van der Waals surface area contributed by atoms with E-state index in [2.05, 4.69) is 29.5 Å². The van der Waals surface area contributed by atoms with Gasteiger partial charge in [0.25, 0.3) is 0 Å². The Morgan fingerprint density at radius 3 is 2.69 bits per heavy atom. The van der Waals surface area contributed by atoms with Gasteiger partial charge < -0.3 is 9.47 Å². The Bertz CT molecular complexity index is 216. The van der Waals surface area contributed by atoms with Crippen molar-refractivity contribution in [1.29, 1.82) is 0 Å². The molecule has 1 aliphatic carbocycles. The summed E-state index contributed by atoms with van der Waals surface area (Å²) in [5.74, 6) is 0.836. The van der Waals surface area contributed by atoms with Gasteiger partial charge in [0.1, 0.15) is 0 Å². The van der Waals surface area contributed by atoms with Gasteiger partial charge in [-0.15, -0.1) is 0 Å². The molecule has 0 aromatic rings. The maximum absolute atomic E-state index is 6.45. The highest BCUT2D eigenvalue weighted by Gasteiger charge is 2.37. The molecular formula is C13H23IO2. The van der Waals surface area contributed by atoms with Crippen LogP contribution >= 0.6 is 22.6 Å². The van der Waals surface area contributed by atoms with E-state index in [9.17, 15) is 0 Å². The third kappa shape index (κ3) is 3.33. The van der Waals surface area contributed by atoms with Gasteiger partial charge in [-0.25, -0.2) is 0 Å². The lowest BCUT2D eigenvalue weighted by atomic mass is 9.80. The van der Waals surface area contributed by atoms with E-state index in [1.54, 1.807) is 0 Å². The van der Waals surface area contributed by atoms with Crippen LogP contribution in [0.2, 0.25) is 0 Å². The van der Waals surface area contributed by atoms with Crippen molar-refractivity contribution in [2.75, 3.05) is 17.6 Å². The zero-order valence-electron chi connectivity index (χ0n) is 10.2. The van der Waals surface area contributed by atoms with E-state index in [1.165, 1.54) is 25.7 Å². The number of hydrogen-bond donors (Lipinski definition) is 0. The molecule has 2 aliphatic rings. The topological polar surface area (TPSA) is 18.5 Å². The van der Waals surface area contributed by atoms with Crippen molar-refractivity contribution in [1.82, 2.24) is 0 Å². The van der Waals surface area contributed by atoms with E-state index in [4.69, 9.17) is 9.47 Å². The summed E-state index contributed by atoms with van der Waals surface area (Å²) in [6.45, 7) is 4.14. The molecule has 0 N–H and O–H groups in total. The molecule has 0 aromatic carbocycles. The van der Waals surface area contributed by atoms with Crippen molar-refractivity contribution in [2.45, 2.75) is 57.2 Å². The molecule has 94 valence electrons. The van der Waals surface area contributed by atoms with Crippen LogP contribution in [0.1, 0.15) is 45.4 Å². The van der Waals surface area contributed by atoms with Gasteiger partial charge in [0.2, 0.25) is 0 Å². The number of alkyl halides is 1. The second-order valence-electron chi connectivity index (χ2n) is 5.45. The van der Waals surface area contributed by atoms with Crippen molar-refractivity contribution < 1.29 is 9.47 Å². The summed E-state index contributed by atoms with van der Waals surface area (Å²) in [4.78, 5) is 0. The summed E-state index contributed by atoms with van der Waals surface area (Å²) in [6, 6.07) is 0. The smallest absolute Gasteiger partial charge is 0.0777 e. The number of rotatable bonds is 3. The van der Waals surface area contributed by atoms with Crippen molar-refractivity contribution in [3.8, 4) is 0 Å². The van der Waals surface area contributed by atoms with Crippen LogP contribution in [0.4, 0.5) is 0 Å². The molecule has 0 radical (unpaired) electrons. The molecule has 0 bridgehead atoms. The first kappa shape index (κ1) is 13.1. The van der Waals surface area contributed by atoms with Gasteiger partial charge in [-0.1, -0.05) is 42.4 Å². The second-order valence-corrected chi connectivity index (χ2v) is 6.21. The molecule has 1 heterocycles. The van der Waals surface area contributed by atoms with Crippen LogP contribution in [0.25, 0.3) is 0 Å². The minimum absolute atomic E-state index is 0.181. The van der Waals surface area contributed by atoms with E-state index in [0.29, 0.717) is 6.10 Å². The molecule has 1 aliphatic heterocycles. The second kappa shape index (κ2) is 6.01. The zero-order valence-corrected chi connectivity index (χ0v) is 12.4. The Balaban J connectivity index is 1.91. The lowest BCUT2D eigenvalue weighted by molar-refractivity contribution is -0.133. The lowest BCUT2D eigenvalue weighted by Crippen LogP contribution is -2.43. The van der Waals surface area contributed by atoms with Crippen LogP contribution < -0.4 is 0 Å². The first-order valence-corrected chi connectivity index (χ1v) is 8.08. The highest BCUT2D eigenvalue weighted by molar-refractivity contribution is 14.1. The standard InChI is InChI=1S/C13H23IO2/c1-11-3-2-6-13(9-11,10-14)16-12-4-7-15-8-5-12/h11-12H,2-10H2,1H3. The average molecular weight is 338 g/mol. The van der Waals surface area contributed by atoms with Gasteiger partial charge in [-0.2, -0.15) is 0 Å². The summed E-state index contributed by atoms with van der Waals surface area (Å²) in [5.41, 5.74) is 0.181. The summed E-state index contributed by atoms with van der Waals surface area (Å²) < 4.78 is 13.0. The molecule has 2 fully saturated rings. The normalized spacial score (nSPS) is 37.5. The van der Waals surface area contributed by atoms with Crippen LogP contribution in [0.3, 0.4) is 0 Å². The van der Waals surface area contributed by atoms with Gasteiger partial charge in [0.05, 0.1) is 11.7 Å². The van der Waals surface area contributed by atoms with E-state index in [1.807, 2.05) is 0 Å². The molecule has 2 unspecified atom stereocenters. The van der Waals surface area contributed by atoms with Crippen LogP contribution in [0.5, 0.6) is 0 Å². The predicted octanol–water partition coefficient (Wildman–Crippen LogP) is 3.57. The summed E-state index contributed by atoms with van der Waals surface area (Å²) >= 11 is 2.51. The molecule has 3 heteroatoms. The third-order valence-corrected chi connectivity index (χ3v) is 5.27. The number of ether oxygens (including phenoxy) is 2. The van der Waals surface area contributed by atoms with Gasteiger partial charge in [0, 0.05) is 17.6 Å². The molecule has 0 aromatic heterocycles. The van der Waals surface area contributed by atoms with Crippen molar-refractivity contribution in [3.63, 3.8) is 0 Å². The van der Waals surface area contributed by atoms with Crippen LogP contribution in [-0.4, -0.2) is 29.3 Å². The molecule has 16 heavy (non-hydrogen) atoms. The average Bonchev–Trinajstić information content (AvgIpc) is 2.30. The Labute approximate surface area is 113 Å². The van der Waals surface area contributed by atoms with Crippen molar-refractivity contribution in [2.24, 2.45) is 5.92 Å². The quantitative estimate of drug-likeness (QED) is 0.579. The minimum atomic E-state index is 0.181. The molecule has 2 rings (SSSR count). The van der Waals surface area contributed by atoms with E-state index < -0.39 is 0 Å². The fourth-order valence-corrected chi connectivity index (χ4v) is 3.89. The molecular weight excluding hydrogens is 315 g/mol. The van der Waals surface area contributed by atoms with E-state index in [-0.39, 0.29) is 5.60 Å². The Hall–Kier alpha value is 0.650. The maximum Gasteiger partial charge on any atom is 0.0777 e. The molecule has 0 amide bonds. The van der Waals surface area contributed by atoms with Gasteiger partial charge >= 0.3 is 0 Å². The Kier molecular flexibility index (Phi) is 4.91. The van der Waals surface area contributed by atoms with Crippen molar-refractivity contribution in [3.05, 3.63) is 0 Å². The fourth-order valence-electron chi connectivity index (χ4n) is 3.02. The molecule has 1 saturated carbocycles. The summed E-state index contributed by atoms with van der Waals surface area (Å²) in [5, 5.41) is 0. The first-order chi connectivity index (χ1) is 7.74.